The number of nitrogens with zero attached hydrogens (tertiary/aromatic N) is 4. The van der Waals surface area contributed by atoms with Crippen LogP contribution in [0.25, 0.3) is 0 Å². The first kappa shape index (κ1) is 35.7. The molecule has 0 radical (unpaired) electrons. The maximum Gasteiger partial charge on any atom is 0.344 e. The third kappa shape index (κ3) is 10.1. The Hall–Kier alpha value is -4.79. The van der Waals surface area contributed by atoms with E-state index in [0.717, 1.165) is 5.56 Å². The van der Waals surface area contributed by atoms with Crippen molar-refractivity contribution in [1.82, 2.24) is 20.4 Å². The van der Waals surface area contributed by atoms with Gasteiger partial charge < -0.3 is 47.1 Å². The van der Waals surface area contributed by atoms with Gasteiger partial charge in [0.1, 0.15) is 11.6 Å². The highest BCUT2D eigenvalue weighted by molar-refractivity contribution is 6.47. The van der Waals surface area contributed by atoms with E-state index in [-0.39, 0.29) is 58.9 Å². The van der Waals surface area contributed by atoms with Gasteiger partial charge in [0.05, 0.1) is 11.2 Å². The molecule has 1 spiro atoms. The number of aliphatic imine (C=N–C) groups is 2. The van der Waals surface area contributed by atoms with Crippen LogP contribution in [0.15, 0.2) is 57.5 Å². The zero-order chi connectivity index (χ0) is 33.9. The maximum absolute atomic E-state index is 12.9. The van der Waals surface area contributed by atoms with Gasteiger partial charge in [-0.3, -0.25) is 14.4 Å². The smallest absolute Gasteiger partial charge is 0.344 e. The number of piperidine rings is 1. The van der Waals surface area contributed by atoms with E-state index < -0.39 is 11.9 Å². The van der Waals surface area contributed by atoms with Crippen LogP contribution in [0, 0.1) is 0 Å². The fourth-order valence-corrected chi connectivity index (χ4v) is 4.96. The standard InChI is InChI=1S/C30H42ClN9O6/c1-4-39(5-2)23(42)16-46-24(43)17-45-21-9-6-20(7-10-21)8-11-22(41)40-14-12-30(13-15-40)18-35-29(38-30)37-28(44)25(19(3)32)36-26(31)27(33)34/h6-7,9-10H,3-5,8,11-18,32-34H2,1-2H3,(H2,35,37,38,44)/b36-25+. The molecule has 8 N–H and O–H groups in total. The number of carbonyl (C=O) groups excluding carboxylic acids is 4. The van der Waals surface area contributed by atoms with Crippen molar-refractivity contribution in [3.8, 4) is 5.75 Å². The topological polar surface area (TPSA) is 220 Å². The molecule has 1 aromatic carbocycles. The second-order valence-corrected chi connectivity index (χ2v) is 11.2. The van der Waals surface area contributed by atoms with Crippen molar-refractivity contribution in [3.63, 3.8) is 0 Å². The van der Waals surface area contributed by atoms with Crippen LogP contribution in [0.4, 0.5) is 0 Å². The van der Waals surface area contributed by atoms with Crippen LogP contribution >= 0.6 is 11.6 Å². The number of amides is 3. The summed E-state index contributed by atoms with van der Waals surface area (Å²) in [5, 5.41) is 6.07. The number of likely N-dealkylation sites (N-methyl/N-ethyl adjacent to an activating group) is 1. The highest BCUT2D eigenvalue weighted by Gasteiger charge is 2.40. The Bertz CT molecular complexity index is 1390. The van der Waals surface area contributed by atoms with Crippen molar-refractivity contribution in [2.24, 2.45) is 27.2 Å². The molecule has 2 saturated heterocycles. The van der Waals surface area contributed by atoms with Gasteiger partial charge in [0.25, 0.3) is 5.91 Å². The van der Waals surface area contributed by atoms with Crippen LogP contribution in [0.2, 0.25) is 0 Å². The van der Waals surface area contributed by atoms with Crippen molar-refractivity contribution in [2.45, 2.75) is 45.1 Å². The Morgan fingerprint density at radius 1 is 1.07 bits per heavy atom. The van der Waals surface area contributed by atoms with Crippen molar-refractivity contribution >= 4 is 47.0 Å². The molecule has 1 aromatic rings. The average molecular weight is 660 g/mol. The SMILES string of the molecule is C=C(N)/C(=N\C(Cl)=C(N)N)C(=O)/N=C1\NCC2(CCN(C(=O)CCc3ccc(OCC(=O)OCC(=O)N(CC)CC)cc3)CC2)N1. The Morgan fingerprint density at radius 3 is 2.30 bits per heavy atom. The largest absolute Gasteiger partial charge is 0.482 e. The number of halogens is 1. The molecule has 2 aliphatic heterocycles. The molecule has 15 nitrogen and oxygen atoms in total. The summed E-state index contributed by atoms with van der Waals surface area (Å²) < 4.78 is 10.5. The van der Waals surface area contributed by atoms with Crippen LogP contribution in [0.3, 0.4) is 0 Å². The van der Waals surface area contributed by atoms with Gasteiger partial charge in [-0.15, -0.1) is 0 Å². The molecule has 0 bridgehead atoms. The van der Waals surface area contributed by atoms with Gasteiger partial charge in [-0.2, -0.15) is 4.99 Å². The maximum atomic E-state index is 12.9. The number of nitrogens with two attached hydrogens (primary N) is 3. The minimum absolute atomic E-state index is 0.0404. The number of esters is 1. The van der Waals surface area contributed by atoms with Crippen LogP contribution in [-0.4, -0.2) is 96.6 Å². The number of likely N-dealkylation sites (tertiary alicyclic amines) is 1. The monoisotopic (exact) mass is 659 g/mol. The molecule has 0 unspecified atom stereocenters. The second-order valence-electron chi connectivity index (χ2n) is 10.8. The van der Waals surface area contributed by atoms with E-state index in [1.807, 2.05) is 30.9 Å². The van der Waals surface area contributed by atoms with Gasteiger partial charge >= 0.3 is 11.9 Å². The molecule has 2 aliphatic rings. The Balaban J connectivity index is 1.42. The fourth-order valence-electron chi connectivity index (χ4n) is 4.88. The van der Waals surface area contributed by atoms with E-state index in [4.69, 9.17) is 38.3 Å². The molecular weight excluding hydrogens is 618 g/mol. The summed E-state index contributed by atoms with van der Waals surface area (Å²) in [7, 11) is 0. The molecular formula is C30H42ClN9O6. The first-order chi connectivity index (χ1) is 21.9. The van der Waals surface area contributed by atoms with Crippen molar-refractivity contribution < 1.29 is 28.7 Å². The molecule has 250 valence electrons. The first-order valence-corrected chi connectivity index (χ1v) is 15.3. The van der Waals surface area contributed by atoms with Crippen molar-refractivity contribution in [2.75, 3.05) is 45.9 Å². The van der Waals surface area contributed by atoms with Crippen LogP contribution < -0.4 is 32.6 Å². The summed E-state index contributed by atoms with van der Waals surface area (Å²) in [4.78, 5) is 60.8. The summed E-state index contributed by atoms with van der Waals surface area (Å²) in [5.74, 6) is -1.16. The number of benzene rings is 1. The zero-order valence-electron chi connectivity index (χ0n) is 26.1. The number of guanidine groups is 1. The number of aryl methyl sites for hydroxylation is 1. The lowest BCUT2D eigenvalue weighted by molar-refractivity contribution is -0.153. The van der Waals surface area contributed by atoms with Crippen molar-refractivity contribution in [3.05, 3.63) is 53.1 Å². The van der Waals surface area contributed by atoms with Crippen LogP contribution in [0.5, 0.6) is 5.75 Å². The molecule has 0 atom stereocenters. The minimum atomic E-state index is -0.771. The van der Waals surface area contributed by atoms with Gasteiger partial charge in [-0.1, -0.05) is 30.3 Å². The number of hydrogen-bond acceptors (Lipinski definition) is 10. The number of hydrogen-bond donors (Lipinski definition) is 5. The van der Waals surface area contributed by atoms with E-state index in [9.17, 15) is 19.2 Å². The average Bonchev–Trinajstić information content (AvgIpc) is 3.42. The summed E-state index contributed by atoms with van der Waals surface area (Å²) in [5.41, 5.74) is 16.6. The Morgan fingerprint density at radius 2 is 1.72 bits per heavy atom. The molecule has 0 saturated carbocycles. The molecule has 3 rings (SSSR count). The summed E-state index contributed by atoms with van der Waals surface area (Å²) >= 11 is 5.84. The summed E-state index contributed by atoms with van der Waals surface area (Å²) in [6, 6.07) is 7.12. The molecule has 46 heavy (non-hydrogen) atoms. The van der Waals surface area contributed by atoms with Gasteiger partial charge in [0.2, 0.25) is 5.91 Å². The second kappa shape index (κ2) is 16.5. The van der Waals surface area contributed by atoms with E-state index in [1.54, 1.807) is 17.0 Å². The molecule has 0 aliphatic carbocycles. The Kier molecular flexibility index (Phi) is 12.8. The van der Waals surface area contributed by atoms with E-state index in [1.165, 1.54) is 0 Å². The van der Waals surface area contributed by atoms with E-state index >= 15 is 0 Å². The number of ether oxygens (including phenoxy) is 2. The molecule has 3 amide bonds. The highest BCUT2D eigenvalue weighted by Crippen LogP contribution is 2.25. The lowest BCUT2D eigenvalue weighted by Crippen LogP contribution is -2.53. The highest BCUT2D eigenvalue weighted by atomic mass is 35.5. The third-order valence-corrected chi connectivity index (χ3v) is 7.90. The van der Waals surface area contributed by atoms with Gasteiger partial charge in [0.15, 0.2) is 30.0 Å². The quantitative estimate of drug-likeness (QED) is 0.108. The van der Waals surface area contributed by atoms with E-state index in [2.05, 4.69) is 27.2 Å². The fraction of sp³-hybridized carbons (Fsp3) is 0.467. The van der Waals surface area contributed by atoms with Crippen LogP contribution in [-0.2, 0) is 30.3 Å². The number of rotatable bonds is 13. The molecule has 2 heterocycles. The van der Waals surface area contributed by atoms with Crippen molar-refractivity contribution in [1.29, 1.82) is 0 Å². The zero-order valence-corrected chi connectivity index (χ0v) is 26.9. The van der Waals surface area contributed by atoms with Crippen LogP contribution in [0.1, 0.15) is 38.7 Å². The molecule has 0 aromatic heterocycles. The lowest BCUT2D eigenvalue weighted by Gasteiger charge is -2.38. The number of nitrogens with one attached hydrogen (secondary N) is 2. The predicted molar refractivity (Wildman–Crippen MR) is 173 cm³/mol. The van der Waals surface area contributed by atoms with Gasteiger partial charge in [-0.25, -0.2) is 9.79 Å². The summed E-state index contributed by atoms with van der Waals surface area (Å²) in [6.45, 7) is 9.30. The number of carbonyl (C=O) groups is 4. The minimum Gasteiger partial charge on any atom is -0.482 e. The summed E-state index contributed by atoms with van der Waals surface area (Å²) in [6.07, 6.45) is 2.18. The first-order valence-electron chi connectivity index (χ1n) is 14.9. The third-order valence-electron chi connectivity index (χ3n) is 7.60. The van der Waals surface area contributed by atoms with E-state index in [0.29, 0.717) is 64.2 Å². The predicted octanol–water partition coefficient (Wildman–Crippen LogP) is 0.0424. The molecule has 2 fully saturated rings. The Labute approximate surface area is 272 Å². The normalized spacial score (nSPS) is 16.3. The van der Waals surface area contributed by atoms with Gasteiger partial charge in [0, 0.05) is 39.1 Å². The van der Waals surface area contributed by atoms with Gasteiger partial charge in [-0.05, 0) is 50.8 Å². The molecule has 16 heteroatoms. The lowest BCUT2D eigenvalue weighted by atomic mass is 9.88.